The number of rotatable bonds is 13. The summed E-state index contributed by atoms with van der Waals surface area (Å²) in [7, 11) is 0. The first-order valence-electron chi connectivity index (χ1n) is 13.3. The second-order valence-electron chi connectivity index (χ2n) is 9.14. The Hall–Kier alpha value is -4.13. The molecule has 0 bridgehead atoms. The first-order chi connectivity index (χ1) is 19.7. The molecule has 0 N–H and O–H groups in total. The molecule has 208 valence electrons. The molecule has 8 heteroatoms. The molecule has 2 heterocycles. The lowest BCUT2D eigenvalue weighted by atomic mass is 10.1. The number of hydrogen-bond donors (Lipinski definition) is 0. The Balaban J connectivity index is 1.17. The van der Waals surface area contributed by atoms with Gasteiger partial charge in [-0.2, -0.15) is 0 Å². The minimum Gasteiger partial charge on any atom is -0.494 e. The highest BCUT2D eigenvalue weighted by atomic mass is 16.7. The molecule has 0 aliphatic carbocycles. The van der Waals surface area contributed by atoms with Gasteiger partial charge in [0.15, 0.2) is 12.9 Å². The molecular formula is C32H32O8. The van der Waals surface area contributed by atoms with Crippen molar-refractivity contribution in [3.63, 3.8) is 0 Å². The average Bonchev–Trinajstić information content (AvgIpc) is 3.57. The van der Waals surface area contributed by atoms with E-state index in [9.17, 15) is 4.79 Å². The molecule has 4 rings (SSSR count). The molecule has 4 atom stereocenters. The van der Waals surface area contributed by atoms with Crippen LogP contribution >= 0.6 is 0 Å². The molecule has 2 aromatic rings. The van der Waals surface area contributed by atoms with Crippen LogP contribution in [0.5, 0.6) is 17.2 Å². The summed E-state index contributed by atoms with van der Waals surface area (Å²) in [4.78, 5) is 12.7. The highest BCUT2D eigenvalue weighted by Crippen LogP contribution is 2.31. The van der Waals surface area contributed by atoms with Crippen molar-refractivity contribution in [2.24, 2.45) is 0 Å². The van der Waals surface area contributed by atoms with E-state index >= 15 is 0 Å². The number of esters is 1. The smallest absolute Gasteiger partial charge is 0.338 e. The molecule has 2 aromatic carbocycles. The topological polar surface area (TPSA) is 81.7 Å². The quantitative estimate of drug-likeness (QED) is 0.159. The summed E-state index contributed by atoms with van der Waals surface area (Å²) >= 11 is 0. The number of hydrogen-bond acceptors (Lipinski definition) is 8. The molecule has 0 spiro atoms. The van der Waals surface area contributed by atoms with E-state index in [-0.39, 0.29) is 25.6 Å². The summed E-state index contributed by atoms with van der Waals surface area (Å²) in [6.07, 6.45) is 10.5. The van der Waals surface area contributed by atoms with Gasteiger partial charge in [0.25, 0.3) is 0 Å². The van der Waals surface area contributed by atoms with Crippen LogP contribution in [0.15, 0.2) is 48.5 Å². The molecule has 2 saturated heterocycles. The second kappa shape index (κ2) is 15.5. The zero-order valence-corrected chi connectivity index (χ0v) is 22.4. The first kappa shape index (κ1) is 28.9. The summed E-state index contributed by atoms with van der Waals surface area (Å²) in [5.41, 5.74) is 0.364. The highest BCUT2D eigenvalue weighted by Gasteiger charge is 2.50. The van der Waals surface area contributed by atoms with E-state index in [1.807, 2.05) is 24.3 Å². The third kappa shape index (κ3) is 8.43. The largest absolute Gasteiger partial charge is 0.494 e. The van der Waals surface area contributed by atoms with Gasteiger partial charge in [-0.05, 0) is 66.8 Å². The van der Waals surface area contributed by atoms with E-state index < -0.39 is 18.2 Å². The summed E-state index contributed by atoms with van der Waals surface area (Å²) in [6, 6.07) is 13.9. The van der Waals surface area contributed by atoms with Gasteiger partial charge < -0.3 is 33.2 Å². The Morgan fingerprint density at radius 1 is 0.850 bits per heavy atom. The van der Waals surface area contributed by atoms with Crippen LogP contribution in [0, 0.1) is 36.2 Å². The molecule has 0 amide bonds. The Bertz CT molecular complexity index is 1260. The molecule has 8 nitrogen and oxygen atoms in total. The van der Waals surface area contributed by atoms with Crippen LogP contribution in [0.2, 0.25) is 0 Å². The summed E-state index contributed by atoms with van der Waals surface area (Å²) < 4.78 is 40.0. The van der Waals surface area contributed by atoms with Crippen molar-refractivity contribution < 1.29 is 38.0 Å². The standard InChI is InChI=1S/C32H32O8/c1-3-5-7-9-19-34-25-13-11-24(12-14-25)32(33)40-29-22-37-30-28(21-36-31(29)30)39-23-38-27-17-15-26(16-18-27)35-20-10-8-6-4-2/h1,11-18,28-31H,4,6,8,10,20-23H2,2H3/t28-,29+,30+,31+/m0/s1. The number of carbonyl (C=O) groups excluding carboxylic acids is 1. The molecule has 0 saturated carbocycles. The maximum atomic E-state index is 12.7. The Morgan fingerprint density at radius 3 is 2.25 bits per heavy atom. The molecule has 0 unspecified atom stereocenters. The van der Waals surface area contributed by atoms with E-state index in [2.05, 4.69) is 36.7 Å². The van der Waals surface area contributed by atoms with Crippen molar-refractivity contribution in [3.05, 3.63) is 54.1 Å². The number of unbranched alkanes of at least 4 members (excludes halogenated alkanes) is 3. The SMILES string of the molecule is C#CC#CC#COc1ccc(C(=O)O[C@@H]2CO[C@H]3[C@@H]2OC[C@@H]3OCOc2ccc(OCCCCCC)cc2)cc1. The van der Waals surface area contributed by atoms with Crippen LogP contribution < -0.4 is 14.2 Å². The summed E-state index contributed by atoms with van der Waals surface area (Å²) in [6.45, 7) is 3.48. The van der Waals surface area contributed by atoms with Gasteiger partial charge in [-0.3, -0.25) is 0 Å². The zero-order chi connectivity index (χ0) is 28.0. The minimum absolute atomic E-state index is 0.0392. The fourth-order valence-electron chi connectivity index (χ4n) is 4.26. The lowest BCUT2D eigenvalue weighted by Gasteiger charge is -2.17. The lowest BCUT2D eigenvalue weighted by molar-refractivity contribution is -0.0839. The van der Waals surface area contributed by atoms with Crippen LogP contribution in [0.3, 0.4) is 0 Å². The fourth-order valence-corrected chi connectivity index (χ4v) is 4.26. The van der Waals surface area contributed by atoms with Crippen molar-refractivity contribution in [1.29, 1.82) is 0 Å². The number of ether oxygens (including phenoxy) is 7. The van der Waals surface area contributed by atoms with Crippen LogP contribution in [0.25, 0.3) is 0 Å². The van der Waals surface area contributed by atoms with Gasteiger partial charge in [0.1, 0.15) is 41.7 Å². The predicted octanol–water partition coefficient (Wildman–Crippen LogP) is 4.37. The molecular weight excluding hydrogens is 512 g/mol. The van der Waals surface area contributed by atoms with E-state index in [1.165, 1.54) is 19.3 Å². The Kier molecular flexibility index (Phi) is 11.2. The van der Waals surface area contributed by atoms with Crippen molar-refractivity contribution in [1.82, 2.24) is 0 Å². The van der Waals surface area contributed by atoms with Crippen molar-refractivity contribution in [2.45, 2.75) is 57.0 Å². The summed E-state index contributed by atoms with van der Waals surface area (Å²) in [5.74, 6) is 10.9. The molecule has 2 aliphatic heterocycles. The van der Waals surface area contributed by atoms with Gasteiger partial charge in [0.05, 0.1) is 25.4 Å². The predicted molar refractivity (Wildman–Crippen MR) is 147 cm³/mol. The number of fused-ring (bicyclic) bond motifs is 1. The van der Waals surface area contributed by atoms with Crippen molar-refractivity contribution >= 4 is 5.97 Å². The van der Waals surface area contributed by atoms with E-state index in [4.69, 9.17) is 39.6 Å². The molecule has 40 heavy (non-hydrogen) atoms. The van der Waals surface area contributed by atoms with Crippen LogP contribution in [-0.4, -0.2) is 57.0 Å². The first-order valence-corrected chi connectivity index (χ1v) is 13.3. The maximum absolute atomic E-state index is 12.7. The van der Waals surface area contributed by atoms with Crippen LogP contribution in [0.4, 0.5) is 0 Å². The van der Waals surface area contributed by atoms with Crippen LogP contribution in [0.1, 0.15) is 43.0 Å². The third-order valence-corrected chi connectivity index (χ3v) is 6.33. The number of benzene rings is 2. The van der Waals surface area contributed by atoms with Gasteiger partial charge >= 0.3 is 5.97 Å². The second-order valence-corrected chi connectivity index (χ2v) is 9.14. The average molecular weight is 545 g/mol. The summed E-state index contributed by atoms with van der Waals surface area (Å²) in [5, 5.41) is 0. The molecule has 2 fully saturated rings. The zero-order valence-electron chi connectivity index (χ0n) is 22.4. The third-order valence-electron chi connectivity index (χ3n) is 6.33. The normalized spacial score (nSPS) is 20.6. The molecule has 0 radical (unpaired) electrons. The van der Waals surface area contributed by atoms with Gasteiger partial charge in [-0.15, -0.1) is 6.42 Å². The molecule has 2 aliphatic rings. The van der Waals surface area contributed by atoms with Gasteiger partial charge in [-0.1, -0.05) is 26.2 Å². The number of carbonyl (C=O) groups is 1. The van der Waals surface area contributed by atoms with Gasteiger partial charge in [0.2, 0.25) is 0 Å². The Morgan fingerprint density at radius 2 is 1.52 bits per heavy atom. The van der Waals surface area contributed by atoms with E-state index in [0.29, 0.717) is 30.3 Å². The van der Waals surface area contributed by atoms with Gasteiger partial charge in [0, 0.05) is 11.8 Å². The fraction of sp³-hybridized carbons (Fsp3) is 0.406. The maximum Gasteiger partial charge on any atom is 0.338 e. The number of terminal acetylenes is 1. The highest BCUT2D eigenvalue weighted by molar-refractivity contribution is 5.89. The Labute approximate surface area is 235 Å². The van der Waals surface area contributed by atoms with E-state index in [1.54, 1.807) is 24.3 Å². The van der Waals surface area contributed by atoms with Gasteiger partial charge in [-0.25, -0.2) is 4.79 Å². The monoisotopic (exact) mass is 544 g/mol. The lowest BCUT2D eigenvalue weighted by Crippen LogP contribution is -2.35. The van der Waals surface area contributed by atoms with Crippen molar-refractivity contribution in [2.75, 3.05) is 26.6 Å². The molecule has 0 aromatic heterocycles. The van der Waals surface area contributed by atoms with E-state index in [0.717, 1.165) is 12.2 Å². The van der Waals surface area contributed by atoms with Crippen LogP contribution in [-0.2, 0) is 18.9 Å². The minimum atomic E-state index is -0.543. The van der Waals surface area contributed by atoms with Crippen molar-refractivity contribution in [3.8, 4) is 53.5 Å².